The Hall–Kier alpha value is -8.10. The molecule has 0 spiro atoms. The van der Waals surface area contributed by atoms with E-state index in [9.17, 15) is 21.0 Å². The first kappa shape index (κ1) is 29.8. The molecule has 0 unspecified atom stereocenters. The Bertz CT molecular complexity index is 3350. The molecule has 10 rings (SSSR count). The lowest BCUT2D eigenvalue weighted by Crippen LogP contribution is -2.07. The molecule has 7 nitrogen and oxygen atoms in total. The van der Waals surface area contributed by atoms with Crippen molar-refractivity contribution in [1.29, 1.82) is 21.0 Å². The zero-order valence-corrected chi connectivity index (χ0v) is 27.8. The largest absolute Gasteiger partial charge is 0.456 e. The SMILES string of the molecule is N#Cc1ccc(-c2ccc(C#N)c(C#N)c2-n2c3ccccc3c3cc4c(cc32)oc2ccccc24)c(-n2c3ccccc3c3ccccc32)c1C#N. The highest BCUT2D eigenvalue weighted by molar-refractivity contribution is 6.18. The van der Waals surface area contributed by atoms with E-state index in [1.165, 1.54) is 0 Å². The third-order valence-electron chi connectivity index (χ3n) is 10.3. The minimum atomic E-state index is 0.188. The Labute approximate surface area is 301 Å². The lowest BCUT2D eigenvalue weighted by molar-refractivity contribution is 0.669. The van der Waals surface area contributed by atoms with Gasteiger partial charge in [0.15, 0.2) is 0 Å². The molecule has 0 amide bonds. The summed E-state index contributed by atoms with van der Waals surface area (Å²) in [6.45, 7) is 0. The predicted molar refractivity (Wildman–Crippen MR) is 207 cm³/mol. The van der Waals surface area contributed by atoms with Crippen LogP contribution in [0.4, 0.5) is 0 Å². The molecule has 10 aromatic rings. The average Bonchev–Trinajstić information content (AvgIpc) is 3.85. The van der Waals surface area contributed by atoms with Crippen molar-refractivity contribution in [2.45, 2.75) is 0 Å². The number of nitrogens with zero attached hydrogens (tertiary/aromatic N) is 6. The van der Waals surface area contributed by atoms with Crippen LogP contribution in [0.5, 0.6) is 0 Å². The van der Waals surface area contributed by atoms with Gasteiger partial charge >= 0.3 is 0 Å². The molecular formula is C46H22N6O. The van der Waals surface area contributed by atoms with Crippen molar-refractivity contribution >= 4 is 65.6 Å². The first-order valence-electron chi connectivity index (χ1n) is 16.9. The highest BCUT2D eigenvalue weighted by Crippen LogP contribution is 2.45. The zero-order chi connectivity index (χ0) is 35.8. The van der Waals surface area contributed by atoms with E-state index >= 15 is 0 Å². The summed E-state index contributed by atoms with van der Waals surface area (Å²) >= 11 is 0. The van der Waals surface area contributed by atoms with Gasteiger partial charge in [-0.15, -0.1) is 0 Å². The van der Waals surface area contributed by atoms with E-state index in [1.54, 1.807) is 12.1 Å². The molecule has 0 atom stereocenters. The molecule has 0 radical (unpaired) electrons. The van der Waals surface area contributed by atoms with Gasteiger partial charge in [-0.2, -0.15) is 21.0 Å². The molecule has 0 fully saturated rings. The maximum absolute atomic E-state index is 10.9. The third kappa shape index (κ3) is 4.05. The maximum atomic E-state index is 10.9. The molecule has 0 N–H and O–H groups in total. The van der Waals surface area contributed by atoms with Crippen molar-refractivity contribution in [1.82, 2.24) is 9.13 Å². The summed E-state index contributed by atoms with van der Waals surface area (Å²) in [5, 5.41) is 48.2. The van der Waals surface area contributed by atoms with Crippen molar-refractivity contribution in [2.24, 2.45) is 0 Å². The van der Waals surface area contributed by atoms with Crippen molar-refractivity contribution in [2.75, 3.05) is 0 Å². The summed E-state index contributed by atoms with van der Waals surface area (Å²) in [6.07, 6.45) is 0. The Kier molecular flexibility index (Phi) is 6.30. The summed E-state index contributed by atoms with van der Waals surface area (Å²) in [5.74, 6) is 0. The number of benzene rings is 7. The van der Waals surface area contributed by atoms with Crippen LogP contribution < -0.4 is 0 Å². The van der Waals surface area contributed by atoms with Crippen molar-refractivity contribution < 1.29 is 4.42 Å². The average molecular weight is 675 g/mol. The number of nitriles is 4. The van der Waals surface area contributed by atoms with Crippen LogP contribution in [0, 0.1) is 45.3 Å². The van der Waals surface area contributed by atoms with Gasteiger partial charge in [0.05, 0.1) is 55.7 Å². The Morgan fingerprint density at radius 3 is 1.34 bits per heavy atom. The van der Waals surface area contributed by atoms with Gasteiger partial charge in [0, 0.05) is 49.5 Å². The van der Waals surface area contributed by atoms with Crippen LogP contribution in [0.25, 0.3) is 88.1 Å². The second kappa shape index (κ2) is 11.2. The van der Waals surface area contributed by atoms with E-state index in [0.717, 1.165) is 60.0 Å². The lowest BCUT2D eigenvalue weighted by atomic mass is 9.92. The number of aromatic nitrogens is 2. The van der Waals surface area contributed by atoms with Crippen LogP contribution in [0.15, 0.2) is 138 Å². The molecule has 7 heteroatoms. The van der Waals surface area contributed by atoms with Crippen LogP contribution in [-0.4, -0.2) is 9.13 Å². The number of para-hydroxylation sites is 4. The molecule has 0 saturated heterocycles. The molecule has 0 aliphatic carbocycles. The Balaban J connectivity index is 1.40. The minimum absolute atomic E-state index is 0.188. The van der Waals surface area contributed by atoms with Crippen LogP contribution in [-0.2, 0) is 0 Å². The minimum Gasteiger partial charge on any atom is -0.456 e. The summed E-state index contributed by atoms with van der Waals surface area (Å²) in [6, 6.07) is 52.3. The molecule has 53 heavy (non-hydrogen) atoms. The number of hydrogen-bond acceptors (Lipinski definition) is 5. The highest BCUT2D eigenvalue weighted by Gasteiger charge is 2.27. The monoisotopic (exact) mass is 674 g/mol. The fourth-order valence-electron chi connectivity index (χ4n) is 8.09. The van der Waals surface area contributed by atoms with E-state index in [4.69, 9.17) is 4.42 Å². The van der Waals surface area contributed by atoms with E-state index < -0.39 is 0 Å². The predicted octanol–water partition coefficient (Wildman–Crippen LogP) is 10.9. The first-order valence-corrected chi connectivity index (χ1v) is 16.9. The van der Waals surface area contributed by atoms with E-state index in [1.807, 2.05) is 118 Å². The van der Waals surface area contributed by atoms with Crippen LogP contribution in [0.2, 0.25) is 0 Å². The van der Waals surface area contributed by atoms with E-state index in [2.05, 4.69) is 36.4 Å². The number of rotatable bonds is 3. The Morgan fingerprint density at radius 2 is 0.830 bits per heavy atom. The molecule has 0 bridgehead atoms. The van der Waals surface area contributed by atoms with Crippen LogP contribution >= 0.6 is 0 Å². The van der Waals surface area contributed by atoms with Gasteiger partial charge in [0.2, 0.25) is 0 Å². The summed E-state index contributed by atoms with van der Waals surface area (Å²) in [7, 11) is 0. The molecule has 0 aliphatic heterocycles. The van der Waals surface area contributed by atoms with Gasteiger partial charge in [-0.25, -0.2) is 0 Å². The van der Waals surface area contributed by atoms with Gasteiger partial charge in [0.25, 0.3) is 0 Å². The lowest BCUT2D eigenvalue weighted by Gasteiger charge is -2.21. The summed E-state index contributed by atoms with van der Waals surface area (Å²) in [5.41, 5.74) is 7.89. The van der Waals surface area contributed by atoms with E-state index in [-0.39, 0.29) is 22.3 Å². The molecule has 0 saturated carbocycles. The number of furan rings is 1. The van der Waals surface area contributed by atoms with Crippen molar-refractivity contribution in [3.05, 3.63) is 156 Å². The smallest absolute Gasteiger partial charge is 0.137 e. The second-order valence-corrected chi connectivity index (χ2v) is 12.9. The zero-order valence-electron chi connectivity index (χ0n) is 27.8. The molecular weight excluding hydrogens is 653 g/mol. The number of hydrogen-bond donors (Lipinski definition) is 0. The summed E-state index contributed by atoms with van der Waals surface area (Å²) in [4.78, 5) is 0. The van der Waals surface area contributed by atoms with Gasteiger partial charge in [-0.3, -0.25) is 0 Å². The van der Waals surface area contributed by atoms with Crippen molar-refractivity contribution in [3.8, 4) is 46.8 Å². The summed E-state index contributed by atoms with van der Waals surface area (Å²) < 4.78 is 10.4. The molecule has 0 aliphatic rings. The molecule has 7 aromatic carbocycles. The second-order valence-electron chi connectivity index (χ2n) is 12.9. The molecule has 3 heterocycles. The highest BCUT2D eigenvalue weighted by atomic mass is 16.3. The van der Waals surface area contributed by atoms with E-state index in [0.29, 0.717) is 28.1 Å². The van der Waals surface area contributed by atoms with Gasteiger partial charge in [0.1, 0.15) is 35.4 Å². The number of fused-ring (bicyclic) bond motifs is 9. The normalized spacial score (nSPS) is 11.3. The fraction of sp³-hybridized carbons (Fsp3) is 0. The van der Waals surface area contributed by atoms with Gasteiger partial charge in [-0.05, 0) is 42.5 Å². The maximum Gasteiger partial charge on any atom is 0.137 e. The van der Waals surface area contributed by atoms with Gasteiger partial charge in [-0.1, -0.05) is 84.9 Å². The third-order valence-corrected chi connectivity index (χ3v) is 10.3. The van der Waals surface area contributed by atoms with Crippen LogP contribution in [0.3, 0.4) is 0 Å². The topological polar surface area (TPSA) is 118 Å². The van der Waals surface area contributed by atoms with Crippen molar-refractivity contribution in [3.63, 3.8) is 0 Å². The Morgan fingerprint density at radius 1 is 0.377 bits per heavy atom. The molecule has 3 aromatic heterocycles. The van der Waals surface area contributed by atoms with Crippen LogP contribution in [0.1, 0.15) is 22.3 Å². The quantitative estimate of drug-likeness (QED) is 0.185. The first-order chi connectivity index (χ1) is 26.1. The standard InChI is InChI=1S/C46H22N6O/c47-23-27-17-19-33(45(37(27)25-49)51-39-13-5-1-9-29(39)30-10-2-6-14-40(30)51)34-20-18-28(24-48)38(26-50)46(34)52-41-15-7-3-11-31(41)35-21-36-32-12-4-8-16-43(32)53-44(36)22-42(35)52/h1-22H. The van der Waals surface area contributed by atoms with Gasteiger partial charge < -0.3 is 13.6 Å². The molecule has 242 valence electrons. The fourth-order valence-corrected chi connectivity index (χ4v) is 8.09.